The van der Waals surface area contributed by atoms with E-state index in [1.807, 2.05) is 18.2 Å². The zero-order chi connectivity index (χ0) is 29.1. The molecule has 0 saturated carbocycles. The molecule has 216 valence electrons. The normalized spacial score (nSPS) is 18.9. The van der Waals surface area contributed by atoms with Gasteiger partial charge in [-0.1, -0.05) is 23.2 Å². The van der Waals surface area contributed by atoms with E-state index in [9.17, 15) is 4.79 Å². The summed E-state index contributed by atoms with van der Waals surface area (Å²) in [6.07, 6.45) is 8.21. The van der Waals surface area contributed by atoms with E-state index >= 15 is 0 Å². The number of carbonyl (C=O) groups excluding carboxylic acids is 1. The topological polar surface area (TPSA) is 154 Å². The van der Waals surface area contributed by atoms with Crippen LogP contribution in [0, 0.1) is 0 Å². The number of urea groups is 1. The van der Waals surface area contributed by atoms with Crippen molar-refractivity contribution >= 4 is 63.6 Å². The summed E-state index contributed by atoms with van der Waals surface area (Å²) in [4.78, 5) is 27.6. The monoisotopic (exact) mass is 606 g/mol. The number of rotatable bonds is 1. The molecule has 2 fully saturated rings. The van der Waals surface area contributed by atoms with Gasteiger partial charge in [-0.2, -0.15) is 20.4 Å². The van der Waals surface area contributed by atoms with E-state index in [0.717, 1.165) is 44.1 Å². The van der Waals surface area contributed by atoms with Crippen LogP contribution in [0.1, 0.15) is 12.8 Å². The molecular weight excluding hydrogens is 579 g/mol. The minimum Gasteiger partial charge on any atom is -0.397 e. The van der Waals surface area contributed by atoms with Crippen LogP contribution < -0.4 is 31.1 Å². The maximum Gasteiger partial charge on any atom is 0.327 e. The molecular formula is C27H28Cl2N12O. The van der Waals surface area contributed by atoms with Gasteiger partial charge in [0, 0.05) is 32.2 Å². The smallest absolute Gasteiger partial charge is 0.327 e. The second kappa shape index (κ2) is 12.2. The lowest BCUT2D eigenvalue weighted by molar-refractivity contribution is 0.255. The van der Waals surface area contributed by atoms with Crippen LogP contribution in [-0.4, -0.2) is 74.7 Å². The lowest BCUT2D eigenvalue weighted by Gasteiger charge is -2.35. The first-order valence-corrected chi connectivity index (χ1v) is 14.2. The molecule has 0 spiro atoms. The molecule has 4 aliphatic rings. The van der Waals surface area contributed by atoms with E-state index < -0.39 is 0 Å². The Morgan fingerprint density at radius 3 is 2.29 bits per heavy atom. The molecule has 4 N–H and O–H groups in total. The van der Waals surface area contributed by atoms with E-state index in [1.54, 1.807) is 29.3 Å². The Labute approximate surface area is 252 Å². The van der Waals surface area contributed by atoms with Crippen LogP contribution in [0.25, 0.3) is 0 Å². The number of halogens is 2. The fraction of sp³-hybridized carbons (Fsp3) is 0.296. The number of nitrogens with zero attached hydrogens (tertiary/aromatic N) is 9. The van der Waals surface area contributed by atoms with Gasteiger partial charge in [0.05, 0.1) is 53.6 Å². The van der Waals surface area contributed by atoms with Gasteiger partial charge in [-0.3, -0.25) is 4.90 Å². The summed E-state index contributed by atoms with van der Waals surface area (Å²) in [6, 6.07) is 11.4. The van der Waals surface area contributed by atoms with Crippen LogP contribution >= 0.6 is 23.2 Å². The summed E-state index contributed by atoms with van der Waals surface area (Å²) >= 11 is 11.8. The predicted molar refractivity (Wildman–Crippen MR) is 163 cm³/mol. The molecule has 8 heterocycles. The van der Waals surface area contributed by atoms with Crippen molar-refractivity contribution in [2.45, 2.75) is 24.9 Å². The summed E-state index contributed by atoms with van der Waals surface area (Å²) < 4.78 is 0. The highest BCUT2D eigenvalue weighted by atomic mass is 35.5. The molecule has 13 nitrogen and oxygen atoms in total. The Kier molecular flexibility index (Phi) is 8.02. The number of nitrogens with one attached hydrogen (secondary N) is 2. The number of fused-ring (bicyclic) bond motifs is 8. The number of nitrogens with two attached hydrogens (primary N) is 1. The number of nitrogen functional groups attached to an aromatic ring is 1. The highest BCUT2D eigenvalue weighted by Gasteiger charge is 2.40. The minimum absolute atomic E-state index is 0.105. The molecule has 42 heavy (non-hydrogen) atoms. The van der Waals surface area contributed by atoms with Crippen LogP contribution in [0.2, 0.25) is 10.3 Å². The fourth-order valence-corrected chi connectivity index (χ4v) is 5.67. The summed E-state index contributed by atoms with van der Waals surface area (Å²) in [5.41, 5.74) is 8.64. The molecule has 0 unspecified atom stereocenters. The minimum atomic E-state index is -0.226. The van der Waals surface area contributed by atoms with Crippen molar-refractivity contribution in [1.82, 2.24) is 30.4 Å². The molecule has 2 amide bonds. The summed E-state index contributed by atoms with van der Waals surface area (Å²) in [5, 5.41) is 21.7. The maximum atomic E-state index is 12.7. The van der Waals surface area contributed by atoms with Gasteiger partial charge in [0.25, 0.3) is 0 Å². The summed E-state index contributed by atoms with van der Waals surface area (Å²) in [5.74, 6) is 1.56. The third-order valence-electron chi connectivity index (χ3n) is 7.29. The van der Waals surface area contributed by atoms with Crippen molar-refractivity contribution in [2.75, 3.05) is 57.2 Å². The zero-order valence-electron chi connectivity index (χ0n) is 22.4. The number of anilines is 6. The Balaban J connectivity index is 0.000000132. The van der Waals surface area contributed by atoms with Crippen LogP contribution in [0.15, 0.2) is 61.2 Å². The highest BCUT2D eigenvalue weighted by molar-refractivity contribution is 6.30. The SMILES string of the molecule is Clc1ccc2c(n1)N[C@H]1CCN2C1.Nc1ccnnc1.O=C(Nc1ccnnc1)N1c2nc(Cl)ccc2N2CC[C@H]1C2. The number of carbonyl (C=O) groups is 1. The molecule has 0 radical (unpaired) electrons. The van der Waals surface area contributed by atoms with Crippen LogP contribution in [0.5, 0.6) is 0 Å². The van der Waals surface area contributed by atoms with Gasteiger partial charge in [-0.05, 0) is 49.2 Å². The van der Waals surface area contributed by atoms with Crippen LogP contribution in [-0.2, 0) is 0 Å². The van der Waals surface area contributed by atoms with Crippen molar-refractivity contribution < 1.29 is 4.79 Å². The third kappa shape index (κ3) is 6.06. The summed E-state index contributed by atoms with van der Waals surface area (Å²) in [6.45, 7) is 3.98. The van der Waals surface area contributed by atoms with Crippen molar-refractivity contribution in [2.24, 2.45) is 0 Å². The van der Waals surface area contributed by atoms with Gasteiger partial charge < -0.3 is 26.2 Å². The second-order valence-electron chi connectivity index (χ2n) is 10.0. The quantitative estimate of drug-likeness (QED) is 0.270. The van der Waals surface area contributed by atoms with E-state index in [1.165, 1.54) is 30.7 Å². The van der Waals surface area contributed by atoms with Gasteiger partial charge in [-0.15, -0.1) is 0 Å². The van der Waals surface area contributed by atoms with Gasteiger partial charge in [0.1, 0.15) is 10.3 Å². The van der Waals surface area contributed by atoms with E-state index in [4.69, 9.17) is 28.9 Å². The van der Waals surface area contributed by atoms with E-state index in [2.05, 4.69) is 50.8 Å². The highest BCUT2D eigenvalue weighted by Crippen LogP contribution is 2.39. The Morgan fingerprint density at radius 2 is 1.57 bits per heavy atom. The van der Waals surface area contributed by atoms with Crippen molar-refractivity contribution in [3.05, 3.63) is 71.5 Å². The Bertz CT molecular complexity index is 1550. The Hall–Kier alpha value is -4.49. The van der Waals surface area contributed by atoms with E-state index in [0.29, 0.717) is 33.5 Å². The Morgan fingerprint density at radius 1 is 0.857 bits per heavy atom. The maximum absolute atomic E-state index is 12.7. The first-order valence-electron chi connectivity index (χ1n) is 13.4. The van der Waals surface area contributed by atoms with Crippen molar-refractivity contribution in [1.29, 1.82) is 0 Å². The number of pyridine rings is 2. The standard InChI is InChI=1S/C14H13ClN6O.C9H10ClN3.C4H5N3/c15-12-2-1-11-13(19-12)21(10-4-6-20(11)8-10)14(22)18-9-3-5-16-17-7-9;10-8-2-1-7-9(12-8)11-6-3-4-13(7)5-6;5-4-1-2-6-7-3-4/h1-3,5,7,10H,4,6,8H2,(H,16,18,22);1-2,6H,3-5H2,(H,11,12);1-3H,(H2,5,6)/t10-;6-;/m00./s1. The average Bonchev–Trinajstić information content (AvgIpc) is 3.59. The summed E-state index contributed by atoms with van der Waals surface area (Å²) in [7, 11) is 0. The van der Waals surface area contributed by atoms with Crippen LogP contribution in [0.4, 0.5) is 39.2 Å². The van der Waals surface area contributed by atoms with Crippen molar-refractivity contribution in [3.8, 4) is 0 Å². The number of aromatic nitrogens is 6. The number of amides is 2. The van der Waals surface area contributed by atoms with Gasteiger partial charge in [-0.25, -0.2) is 14.8 Å². The molecule has 4 aromatic heterocycles. The molecule has 2 atom stereocenters. The molecule has 4 bridgehead atoms. The number of hydrogen-bond acceptors (Lipinski definition) is 11. The third-order valence-corrected chi connectivity index (χ3v) is 7.71. The predicted octanol–water partition coefficient (Wildman–Crippen LogP) is 3.95. The lowest BCUT2D eigenvalue weighted by atomic mass is 10.2. The van der Waals surface area contributed by atoms with Gasteiger partial charge >= 0.3 is 6.03 Å². The molecule has 0 aliphatic carbocycles. The molecule has 4 aliphatic heterocycles. The zero-order valence-corrected chi connectivity index (χ0v) is 23.9. The largest absolute Gasteiger partial charge is 0.397 e. The first-order chi connectivity index (χ1) is 20.4. The molecule has 15 heteroatoms. The van der Waals surface area contributed by atoms with Crippen LogP contribution in [0.3, 0.4) is 0 Å². The van der Waals surface area contributed by atoms with Gasteiger partial charge in [0.15, 0.2) is 11.6 Å². The fourth-order valence-electron chi connectivity index (χ4n) is 5.38. The molecule has 2 saturated heterocycles. The molecule has 4 aromatic rings. The molecule has 0 aromatic carbocycles. The van der Waals surface area contributed by atoms with Gasteiger partial charge in [0.2, 0.25) is 0 Å². The average molecular weight is 608 g/mol. The number of hydrogen-bond donors (Lipinski definition) is 3. The first kappa shape index (κ1) is 27.7. The second-order valence-corrected chi connectivity index (χ2v) is 10.8. The van der Waals surface area contributed by atoms with E-state index in [-0.39, 0.29) is 12.1 Å². The lowest BCUT2D eigenvalue weighted by Crippen LogP contribution is -2.48. The van der Waals surface area contributed by atoms with Crippen molar-refractivity contribution in [3.63, 3.8) is 0 Å². The molecule has 8 rings (SSSR count).